The van der Waals surface area contributed by atoms with Gasteiger partial charge in [0.15, 0.2) is 16.1 Å². The van der Waals surface area contributed by atoms with Crippen LogP contribution >= 0.6 is 0 Å². The minimum Gasteiger partial charge on any atom is -0.0857 e. The van der Waals surface area contributed by atoms with Crippen LogP contribution in [0.1, 0.15) is 6.92 Å². The van der Waals surface area contributed by atoms with Gasteiger partial charge in [0, 0.05) is 0 Å². The van der Waals surface area contributed by atoms with Crippen molar-refractivity contribution in [2.45, 2.75) is 6.92 Å². The second-order valence-electron chi connectivity index (χ2n) is 10.6. The fraction of sp³-hybridized carbons (Fsp3) is 0.0256. The highest BCUT2D eigenvalue weighted by Gasteiger charge is 2.45. The van der Waals surface area contributed by atoms with E-state index in [0.717, 1.165) is 0 Å². The molecule has 0 aliphatic carbocycles. The summed E-state index contributed by atoms with van der Waals surface area (Å²) >= 11 is 0. The summed E-state index contributed by atoms with van der Waals surface area (Å²) < 4.78 is 0. The summed E-state index contributed by atoms with van der Waals surface area (Å²) in [6.45, 7) is 2.41. The zero-order chi connectivity index (χ0) is 28.0. The van der Waals surface area contributed by atoms with Gasteiger partial charge in [-0.25, -0.2) is 0 Å². The molecule has 6 aromatic rings. The van der Waals surface area contributed by atoms with Gasteiger partial charge < -0.3 is 0 Å². The predicted octanol–water partition coefficient (Wildman–Crippen LogP) is 5.35. The maximum Gasteiger partial charge on any atom is 0.174 e. The Morgan fingerprint density at radius 1 is 0.341 bits per heavy atom. The normalized spacial score (nSPS) is 12.2. The molecule has 6 rings (SSSR count). The SMILES string of the molecule is CC(=C[Si](c1ccccc1)(c1ccccc1)c1ccccc1)[Si](c1ccccc1)(c1ccccc1)c1ccccc1. The lowest BCUT2D eigenvalue weighted by Gasteiger charge is -2.38. The van der Waals surface area contributed by atoms with Gasteiger partial charge in [0.1, 0.15) is 0 Å². The maximum atomic E-state index is 2.73. The van der Waals surface area contributed by atoms with Gasteiger partial charge in [0.2, 0.25) is 0 Å². The zero-order valence-corrected chi connectivity index (χ0v) is 25.4. The van der Waals surface area contributed by atoms with Crippen LogP contribution in [0.4, 0.5) is 0 Å². The molecule has 0 N–H and O–H groups in total. The minimum absolute atomic E-state index is 1.40. The molecule has 0 heterocycles. The van der Waals surface area contributed by atoms with Crippen molar-refractivity contribution in [3.63, 3.8) is 0 Å². The van der Waals surface area contributed by atoms with Crippen LogP contribution < -0.4 is 31.1 Å². The monoisotopic (exact) mass is 558 g/mol. The van der Waals surface area contributed by atoms with Gasteiger partial charge >= 0.3 is 0 Å². The van der Waals surface area contributed by atoms with Gasteiger partial charge in [-0.3, -0.25) is 0 Å². The molecule has 2 heteroatoms. The number of allylic oxidation sites excluding steroid dienone is 1. The van der Waals surface area contributed by atoms with Crippen LogP contribution in [0.25, 0.3) is 0 Å². The summed E-state index contributed by atoms with van der Waals surface area (Å²) in [6, 6.07) is 67.3. The molecule has 41 heavy (non-hydrogen) atoms. The Morgan fingerprint density at radius 3 is 0.805 bits per heavy atom. The van der Waals surface area contributed by atoms with E-state index < -0.39 is 16.1 Å². The first-order valence-electron chi connectivity index (χ1n) is 14.3. The summed E-state index contributed by atoms with van der Waals surface area (Å²) in [7, 11) is -5.26. The van der Waals surface area contributed by atoms with Crippen molar-refractivity contribution in [3.05, 3.63) is 193 Å². The van der Waals surface area contributed by atoms with Crippen molar-refractivity contribution in [3.8, 4) is 0 Å². The Hall–Kier alpha value is -4.51. The van der Waals surface area contributed by atoms with E-state index in [0.29, 0.717) is 0 Å². The molecule has 0 radical (unpaired) electrons. The summed E-state index contributed by atoms with van der Waals surface area (Å²) in [4.78, 5) is 0. The lowest BCUT2D eigenvalue weighted by molar-refractivity contribution is 1.57. The van der Waals surface area contributed by atoms with Crippen LogP contribution in [0, 0.1) is 0 Å². The Morgan fingerprint density at radius 2 is 0.561 bits per heavy atom. The molecule has 0 unspecified atom stereocenters. The Labute approximate surface area is 246 Å². The second-order valence-corrected chi connectivity index (χ2v) is 18.2. The summed E-state index contributed by atoms with van der Waals surface area (Å²) in [5, 5.41) is 9.87. The van der Waals surface area contributed by atoms with Crippen molar-refractivity contribution in [2.24, 2.45) is 0 Å². The Kier molecular flexibility index (Phi) is 7.77. The van der Waals surface area contributed by atoms with Crippen LogP contribution in [0.5, 0.6) is 0 Å². The number of benzene rings is 6. The Bertz CT molecular complexity index is 1500. The van der Waals surface area contributed by atoms with Crippen LogP contribution in [-0.4, -0.2) is 16.1 Å². The van der Waals surface area contributed by atoms with Crippen LogP contribution in [-0.2, 0) is 0 Å². The smallest absolute Gasteiger partial charge is 0.0857 e. The molecule has 0 bridgehead atoms. The third-order valence-corrected chi connectivity index (χ3v) is 18.1. The minimum atomic E-state index is -2.64. The van der Waals surface area contributed by atoms with E-state index in [1.54, 1.807) is 0 Å². The standard InChI is InChI=1S/C39H34Si2/c1-33(41(37-26-14-5-15-27-37,38-28-16-6-17-29-38)39-30-18-7-19-31-39)32-40(34-20-8-2-9-21-34,35-22-10-3-11-23-35)36-24-12-4-13-25-36/h2-32H,1H3. The van der Waals surface area contributed by atoms with Crippen LogP contribution in [0.3, 0.4) is 0 Å². The maximum absolute atomic E-state index is 2.73. The average Bonchev–Trinajstić information content (AvgIpc) is 3.07. The van der Waals surface area contributed by atoms with Crippen molar-refractivity contribution < 1.29 is 0 Å². The van der Waals surface area contributed by atoms with E-state index in [4.69, 9.17) is 0 Å². The number of rotatable bonds is 8. The molecule has 0 aliphatic heterocycles. The third kappa shape index (κ3) is 4.86. The summed E-state index contributed by atoms with van der Waals surface area (Å²) in [6.07, 6.45) is 0. The molecule has 198 valence electrons. The highest BCUT2D eigenvalue weighted by molar-refractivity contribution is 7.19. The molecule has 0 fully saturated rings. The van der Waals surface area contributed by atoms with Gasteiger partial charge in [-0.05, 0) is 38.0 Å². The van der Waals surface area contributed by atoms with Gasteiger partial charge in [-0.2, -0.15) is 0 Å². The molecule has 6 aromatic carbocycles. The zero-order valence-electron chi connectivity index (χ0n) is 23.4. The lowest BCUT2D eigenvalue weighted by Crippen LogP contribution is -2.71. The Balaban J connectivity index is 1.77. The first kappa shape index (κ1) is 26.7. The van der Waals surface area contributed by atoms with Gasteiger partial charge in [-0.15, -0.1) is 0 Å². The molecule has 0 nitrogen and oxygen atoms in total. The van der Waals surface area contributed by atoms with E-state index in [2.05, 4.69) is 195 Å². The topological polar surface area (TPSA) is 0 Å². The molecule has 0 aromatic heterocycles. The van der Waals surface area contributed by atoms with E-state index in [9.17, 15) is 0 Å². The van der Waals surface area contributed by atoms with Crippen LogP contribution in [0.2, 0.25) is 0 Å². The molecule has 0 spiro atoms. The van der Waals surface area contributed by atoms with Gasteiger partial charge in [0.25, 0.3) is 0 Å². The fourth-order valence-electron chi connectivity index (χ4n) is 6.53. The quantitative estimate of drug-likeness (QED) is 0.175. The predicted molar refractivity (Wildman–Crippen MR) is 182 cm³/mol. The van der Waals surface area contributed by atoms with Crippen molar-refractivity contribution >= 4 is 47.3 Å². The van der Waals surface area contributed by atoms with Gasteiger partial charge in [0.05, 0.1) is 0 Å². The second kappa shape index (κ2) is 11.9. The molecule has 0 atom stereocenters. The molecule has 0 amide bonds. The molecular weight excluding hydrogens is 525 g/mol. The molecule has 0 saturated heterocycles. The lowest BCUT2D eigenvalue weighted by atomic mass is 10.3. The number of hydrogen-bond acceptors (Lipinski definition) is 0. The van der Waals surface area contributed by atoms with Crippen molar-refractivity contribution in [1.82, 2.24) is 0 Å². The van der Waals surface area contributed by atoms with E-state index in [1.165, 1.54) is 36.3 Å². The number of hydrogen-bond donors (Lipinski definition) is 0. The molecule has 0 saturated carbocycles. The van der Waals surface area contributed by atoms with E-state index in [-0.39, 0.29) is 0 Å². The average molecular weight is 559 g/mol. The highest BCUT2D eigenvalue weighted by atomic mass is 28.3. The summed E-state index contributed by atoms with van der Waals surface area (Å²) in [5.41, 5.74) is 2.73. The fourth-order valence-corrected chi connectivity index (χ4v) is 16.8. The highest BCUT2D eigenvalue weighted by Crippen LogP contribution is 2.21. The first-order valence-corrected chi connectivity index (χ1v) is 18.4. The van der Waals surface area contributed by atoms with Crippen LogP contribution in [0.15, 0.2) is 193 Å². The van der Waals surface area contributed by atoms with Crippen molar-refractivity contribution in [1.29, 1.82) is 0 Å². The third-order valence-electron chi connectivity index (χ3n) is 8.33. The molecular formula is C39H34Si2. The van der Waals surface area contributed by atoms with E-state index >= 15 is 0 Å². The molecule has 0 aliphatic rings. The van der Waals surface area contributed by atoms with E-state index in [1.807, 2.05) is 0 Å². The van der Waals surface area contributed by atoms with Crippen molar-refractivity contribution in [2.75, 3.05) is 0 Å². The first-order chi connectivity index (χ1) is 20.3. The summed E-state index contributed by atoms with van der Waals surface area (Å²) in [5.74, 6) is 0. The largest absolute Gasteiger partial charge is 0.174 e. The van der Waals surface area contributed by atoms with Gasteiger partial charge in [-0.1, -0.05) is 193 Å².